The molecule has 3 nitrogen and oxygen atoms in total. The molecule has 4 heteroatoms. The van der Waals surface area contributed by atoms with E-state index in [1.807, 2.05) is 12.1 Å². The number of aliphatic hydroxyl groups excluding tert-OH is 1. The van der Waals surface area contributed by atoms with Crippen molar-refractivity contribution in [2.45, 2.75) is 6.04 Å². The zero-order valence-corrected chi connectivity index (χ0v) is 10.8. The summed E-state index contributed by atoms with van der Waals surface area (Å²) in [4.78, 5) is 2.33. The van der Waals surface area contributed by atoms with Crippen molar-refractivity contribution < 1.29 is 5.11 Å². The molecule has 1 aromatic rings. The van der Waals surface area contributed by atoms with E-state index in [2.05, 4.69) is 38.3 Å². The van der Waals surface area contributed by atoms with Crippen LogP contribution < -0.4 is 5.32 Å². The molecule has 1 unspecified atom stereocenters. The van der Waals surface area contributed by atoms with Gasteiger partial charge in [0.05, 0.1) is 12.6 Å². The number of nitrogens with zero attached hydrogens (tertiary/aromatic N) is 1. The number of nitrogens with one attached hydrogen (secondary N) is 1. The molecule has 0 amide bonds. The van der Waals surface area contributed by atoms with Crippen molar-refractivity contribution in [3.63, 3.8) is 0 Å². The zero-order valence-electron chi connectivity index (χ0n) is 9.19. The molecular formula is C12H17BrN2O. The standard InChI is InChI=1S/C12H17BrN2O/c13-11-3-1-10(2-4-11)12(9-16)15-7-5-14-6-8-15/h1-4,12,14,16H,5-9H2. The molecule has 1 aromatic carbocycles. The van der Waals surface area contributed by atoms with Crippen LogP contribution >= 0.6 is 15.9 Å². The maximum Gasteiger partial charge on any atom is 0.0628 e. The van der Waals surface area contributed by atoms with E-state index in [4.69, 9.17) is 0 Å². The van der Waals surface area contributed by atoms with Crippen molar-refractivity contribution in [3.05, 3.63) is 34.3 Å². The summed E-state index contributed by atoms with van der Waals surface area (Å²) in [5.41, 5.74) is 1.19. The summed E-state index contributed by atoms with van der Waals surface area (Å²) >= 11 is 3.43. The second-order valence-corrected chi connectivity index (χ2v) is 4.95. The van der Waals surface area contributed by atoms with Crippen LogP contribution in [0.4, 0.5) is 0 Å². The van der Waals surface area contributed by atoms with Gasteiger partial charge in [0.1, 0.15) is 0 Å². The molecule has 0 aromatic heterocycles. The molecule has 1 aliphatic heterocycles. The van der Waals surface area contributed by atoms with Crippen LogP contribution in [0, 0.1) is 0 Å². The zero-order chi connectivity index (χ0) is 11.4. The van der Waals surface area contributed by atoms with E-state index in [1.54, 1.807) is 0 Å². The fourth-order valence-electron chi connectivity index (χ4n) is 2.11. The predicted molar refractivity (Wildman–Crippen MR) is 68.4 cm³/mol. The lowest BCUT2D eigenvalue weighted by atomic mass is 10.1. The molecule has 2 rings (SSSR count). The Bertz CT molecular complexity index is 322. The highest BCUT2D eigenvalue weighted by Crippen LogP contribution is 2.22. The second kappa shape index (κ2) is 5.77. The molecule has 1 saturated heterocycles. The minimum absolute atomic E-state index is 0.134. The molecule has 0 spiro atoms. The van der Waals surface area contributed by atoms with Gasteiger partial charge in [-0.15, -0.1) is 0 Å². The summed E-state index contributed by atoms with van der Waals surface area (Å²) in [5, 5.41) is 12.9. The summed E-state index contributed by atoms with van der Waals surface area (Å²) in [6.45, 7) is 4.20. The molecule has 1 heterocycles. The van der Waals surface area contributed by atoms with E-state index >= 15 is 0 Å². The van der Waals surface area contributed by atoms with Gasteiger partial charge in [-0.1, -0.05) is 28.1 Å². The number of aliphatic hydroxyl groups is 1. The van der Waals surface area contributed by atoms with E-state index in [-0.39, 0.29) is 12.6 Å². The van der Waals surface area contributed by atoms with Gasteiger partial charge < -0.3 is 10.4 Å². The Balaban J connectivity index is 2.11. The fourth-order valence-corrected chi connectivity index (χ4v) is 2.37. The third-order valence-electron chi connectivity index (χ3n) is 3.02. The lowest BCUT2D eigenvalue weighted by Gasteiger charge is -2.34. The topological polar surface area (TPSA) is 35.5 Å². The largest absolute Gasteiger partial charge is 0.394 e. The highest BCUT2D eigenvalue weighted by atomic mass is 79.9. The summed E-state index contributed by atoms with van der Waals surface area (Å²) in [7, 11) is 0. The first-order valence-electron chi connectivity index (χ1n) is 5.62. The molecule has 1 aliphatic rings. The van der Waals surface area contributed by atoms with Crippen molar-refractivity contribution in [1.29, 1.82) is 0 Å². The third-order valence-corrected chi connectivity index (χ3v) is 3.55. The van der Waals surface area contributed by atoms with Crippen LogP contribution in [0.5, 0.6) is 0 Å². The molecule has 0 radical (unpaired) electrons. The Hall–Kier alpha value is -0.420. The van der Waals surface area contributed by atoms with Crippen molar-refractivity contribution in [2.75, 3.05) is 32.8 Å². The molecule has 88 valence electrons. The van der Waals surface area contributed by atoms with E-state index in [0.717, 1.165) is 30.7 Å². The van der Waals surface area contributed by atoms with Gasteiger partial charge in [-0.3, -0.25) is 4.90 Å². The molecule has 2 N–H and O–H groups in total. The van der Waals surface area contributed by atoms with Crippen molar-refractivity contribution >= 4 is 15.9 Å². The first-order chi connectivity index (χ1) is 7.81. The Kier molecular flexibility index (Phi) is 4.35. The van der Waals surface area contributed by atoms with Gasteiger partial charge in [-0.2, -0.15) is 0 Å². The Labute approximate surface area is 105 Å². The van der Waals surface area contributed by atoms with Crippen LogP contribution in [0.2, 0.25) is 0 Å². The van der Waals surface area contributed by atoms with Crippen LogP contribution in [0.15, 0.2) is 28.7 Å². The van der Waals surface area contributed by atoms with Crippen LogP contribution in [0.3, 0.4) is 0 Å². The Morgan fingerprint density at radius 3 is 2.44 bits per heavy atom. The first-order valence-corrected chi connectivity index (χ1v) is 6.41. The second-order valence-electron chi connectivity index (χ2n) is 4.04. The number of benzene rings is 1. The average Bonchev–Trinajstić information content (AvgIpc) is 2.34. The third kappa shape index (κ3) is 2.83. The minimum atomic E-state index is 0.134. The molecular weight excluding hydrogens is 268 g/mol. The normalized spacial score (nSPS) is 19.6. The minimum Gasteiger partial charge on any atom is -0.394 e. The lowest BCUT2D eigenvalue weighted by molar-refractivity contribution is 0.111. The summed E-state index contributed by atoms with van der Waals surface area (Å²) in [6, 6.07) is 8.34. The van der Waals surface area contributed by atoms with Gasteiger partial charge in [-0.25, -0.2) is 0 Å². The van der Waals surface area contributed by atoms with Crippen LogP contribution in [-0.2, 0) is 0 Å². The Morgan fingerprint density at radius 1 is 1.25 bits per heavy atom. The van der Waals surface area contributed by atoms with Gasteiger partial charge in [0.25, 0.3) is 0 Å². The van der Waals surface area contributed by atoms with Gasteiger partial charge in [0.15, 0.2) is 0 Å². The highest BCUT2D eigenvalue weighted by molar-refractivity contribution is 9.10. The van der Waals surface area contributed by atoms with Gasteiger partial charge in [0, 0.05) is 30.7 Å². The van der Waals surface area contributed by atoms with Crippen LogP contribution in [0.1, 0.15) is 11.6 Å². The first kappa shape index (κ1) is 12.0. The van der Waals surface area contributed by atoms with Gasteiger partial charge in [0.2, 0.25) is 0 Å². The van der Waals surface area contributed by atoms with Gasteiger partial charge in [-0.05, 0) is 17.7 Å². The fraction of sp³-hybridized carbons (Fsp3) is 0.500. The van der Waals surface area contributed by atoms with E-state index < -0.39 is 0 Å². The Morgan fingerprint density at radius 2 is 1.88 bits per heavy atom. The number of rotatable bonds is 3. The average molecular weight is 285 g/mol. The SMILES string of the molecule is OCC(c1ccc(Br)cc1)N1CCNCC1. The molecule has 1 fully saturated rings. The quantitative estimate of drug-likeness (QED) is 0.881. The number of hydrogen-bond acceptors (Lipinski definition) is 3. The summed E-state index contributed by atoms with van der Waals surface area (Å²) < 4.78 is 1.08. The maximum absolute atomic E-state index is 9.53. The smallest absolute Gasteiger partial charge is 0.0628 e. The van der Waals surface area contributed by atoms with Crippen LogP contribution in [0.25, 0.3) is 0 Å². The van der Waals surface area contributed by atoms with Gasteiger partial charge >= 0.3 is 0 Å². The monoisotopic (exact) mass is 284 g/mol. The highest BCUT2D eigenvalue weighted by Gasteiger charge is 2.20. The molecule has 0 saturated carbocycles. The molecule has 16 heavy (non-hydrogen) atoms. The van der Waals surface area contributed by atoms with Crippen molar-refractivity contribution in [3.8, 4) is 0 Å². The van der Waals surface area contributed by atoms with E-state index in [9.17, 15) is 5.11 Å². The number of halogens is 1. The van der Waals surface area contributed by atoms with Crippen molar-refractivity contribution in [1.82, 2.24) is 10.2 Å². The molecule has 0 bridgehead atoms. The molecule has 1 atom stereocenters. The van der Waals surface area contributed by atoms with Crippen molar-refractivity contribution in [2.24, 2.45) is 0 Å². The molecule has 0 aliphatic carbocycles. The lowest BCUT2D eigenvalue weighted by Crippen LogP contribution is -2.46. The summed E-state index contributed by atoms with van der Waals surface area (Å²) in [5.74, 6) is 0. The predicted octanol–water partition coefficient (Wildman–Crippen LogP) is 1.39. The van der Waals surface area contributed by atoms with E-state index in [1.165, 1.54) is 5.56 Å². The summed E-state index contributed by atoms with van der Waals surface area (Å²) in [6.07, 6.45) is 0. The number of piperazine rings is 1. The number of hydrogen-bond donors (Lipinski definition) is 2. The maximum atomic E-state index is 9.53. The van der Waals surface area contributed by atoms with E-state index in [0.29, 0.717) is 0 Å². The van der Waals surface area contributed by atoms with Crippen LogP contribution in [-0.4, -0.2) is 42.8 Å².